The second-order valence-electron chi connectivity index (χ2n) is 4.84. The highest BCUT2D eigenvalue weighted by Gasteiger charge is 2.02. The van der Waals surface area contributed by atoms with Crippen molar-refractivity contribution in [1.29, 1.82) is 0 Å². The molecule has 0 aliphatic rings. The Morgan fingerprint density at radius 2 is 1.65 bits per heavy atom. The first kappa shape index (κ1) is 14.4. The molecule has 0 aromatic heterocycles. The molecule has 0 spiro atoms. The molecule has 2 aromatic carbocycles. The maximum atomic E-state index is 5.87. The Kier molecular flexibility index (Phi) is 5.02. The molecular formula is C17H21NO2. The molecular weight excluding hydrogens is 250 g/mol. The van der Waals surface area contributed by atoms with Crippen molar-refractivity contribution in [3.63, 3.8) is 0 Å². The lowest BCUT2D eigenvalue weighted by Gasteiger charge is -2.10. The highest BCUT2D eigenvalue weighted by molar-refractivity contribution is 5.38. The van der Waals surface area contributed by atoms with Crippen molar-refractivity contribution in [3.05, 3.63) is 54.1 Å². The molecule has 20 heavy (non-hydrogen) atoms. The van der Waals surface area contributed by atoms with Gasteiger partial charge in [-0.3, -0.25) is 0 Å². The minimum atomic E-state index is 0.145. The molecule has 0 saturated carbocycles. The molecule has 0 aliphatic heterocycles. The summed E-state index contributed by atoms with van der Waals surface area (Å²) in [4.78, 5) is 0. The van der Waals surface area contributed by atoms with Gasteiger partial charge in [0.05, 0.1) is 6.61 Å². The molecule has 2 aromatic rings. The average Bonchev–Trinajstić information content (AvgIpc) is 2.39. The summed E-state index contributed by atoms with van der Waals surface area (Å²) in [6.45, 7) is 4.61. The molecule has 106 valence electrons. The third-order valence-corrected chi connectivity index (χ3v) is 2.81. The Morgan fingerprint density at radius 3 is 2.35 bits per heavy atom. The summed E-state index contributed by atoms with van der Waals surface area (Å²) in [5, 5.41) is 0. The van der Waals surface area contributed by atoms with Crippen LogP contribution in [0.5, 0.6) is 17.2 Å². The van der Waals surface area contributed by atoms with Crippen LogP contribution < -0.4 is 15.2 Å². The standard InChI is InChI=1S/C17H21NO2/c1-3-19-15-7-5-9-17(12-15)20-16-8-4-6-14(11-16)10-13(2)18/h4-9,11-13H,3,10,18H2,1-2H3. The van der Waals surface area contributed by atoms with Crippen molar-refractivity contribution in [3.8, 4) is 17.2 Å². The first-order valence-electron chi connectivity index (χ1n) is 6.92. The molecule has 0 radical (unpaired) electrons. The van der Waals surface area contributed by atoms with Crippen molar-refractivity contribution in [2.45, 2.75) is 26.3 Å². The van der Waals surface area contributed by atoms with Crippen molar-refractivity contribution in [2.75, 3.05) is 6.61 Å². The van der Waals surface area contributed by atoms with Gasteiger partial charge in [-0.1, -0.05) is 18.2 Å². The summed E-state index contributed by atoms with van der Waals surface area (Å²) >= 11 is 0. The number of ether oxygens (including phenoxy) is 2. The van der Waals surface area contributed by atoms with Crippen molar-refractivity contribution >= 4 is 0 Å². The molecule has 0 fully saturated rings. The summed E-state index contributed by atoms with van der Waals surface area (Å²) < 4.78 is 11.3. The third kappa shape index (κ3) is 4.28. The van der Waals surface area contributed by atoms with Gasteiger partial charge in [-0.25, -0.2) is 0 Å². The fourth-order valence-electron chi connectivity index (χ4n) is 2.04. The van der Waals surface area contributed by atoms with Crippen LogP contribution in [0, 0.1) is 0 Å². The zero-order valence-corrected chi connectivity index (χ0v) is 12.0. The predicted molar refractivity (Wildman–Crippen MR) is 81.5 cm³/mol. The van der Waals surface area contributed by atoms with E-state index in [1.165, 1.54) is 5.56 Å². The van der Waals surface area contributed by atoms with Crippen LogP contribution in [0.25, 0.3) is 0 Å². The van der Waals surface area contributed by atoms with Gasteiger partial charge in [0.15, 0.2) is 0 Å². The number of rotatable bonds is 6. The topological polar surface area (TPSA) is 44.5 Å². The Labute approximate surface area is 120 Å². The van der Waals surface area contributed by atoms with E-state index in [1.807, 2.05) is 56.3 Å². The quantitative estimate of drug-likeness (QED) is 0.869. The van der Waals surface area contributed by atoms with E-state index in [0.29, 0.717) is 6.61 Å². The summed E-state index contributed by atoms with van der Waals surface area (Å²) in [5.41, 5.74) is 7.00. The van der Waals surface area contributed by atoms with Crippen LogP contribution in [0.1, 0.15) is 19.4 Å². The zero-order valence-electron chi connectivity index (χ0n) is 12.0. The van der Waals surface area contributed by atoms with E-state index in [1.54, 1.807) is 0 Å². The number of hydrogen-bond donors (Lipinski definition) is 1. The third-order valence-electron chi connectivity index (χ3n) is 2.81. The van der Waals surface area contributed by atoms with E-state index in [2.05, 4.69) is 6.07 Å². The predicted octanol–water partition coefficient (Wildman–Crippen LogP) is 3.77. The Balaban J connectivity index is 2.11. The van der Waals surface area contributed by atoms with Gasteiger partial charge in [-0.05, 0) is 50.1 Å². The largest absolute Gasteiger partial charge is 0.494 e. The molecule has 3 nitrogen and oxygen atoms in total. The van der Waals surface area contributed by atoms with E-state index in [-0.39, 0.29) is 6.04 Å². The van der Waals surface area contributed by atoms with Crippen LogP contribution in [-0.2, 0) is 6.42 Å². The number of benzene rings is 2. The van der Waals surface area contributed by atoms with Gasteiger partial charge >= 0.3 is 0 Å². The SMILES string of the molecule is CCOc1cccc(Oc2cccc(CC(C)N)c2)c1. The van der Waals surface area contributed by atoms with Crippen LogP contribution in [0.2, 0.25) is 0 Å². The molecule has 1 unspecified atom stereocenters. The van der Waals surface area contributed by atoms with Gasteiger partial charge in [0, 0.05) is 12.1 Å². The number of hydrogen-bond acceptors (Lipinski definition) is 3. The summed E-state index contributed by atoms with van der Waals surface area (Å²) in [6, 6.07) is 15.8. The highest BCUT2D eigenvalue weighted by Crippen LogP contribution is 2.26. The first-order chi connectivity index (χ1) is 9.67. The molecule has 3 heteroatoms. The Hall–Kier alpha value is -2.00. The van der Waals surface area contributed by atoms with Gasteiger partial charge in [0.2, 0.25) is 0 Å². The molecule has 2 rings (SSSR count). The Bertz CT molecular complexity index is 552. The second kappa shape index (κ2) is 6.96. The first-order valence-corrected chi connectivity index (χ1v) is 6.92. The number of nitrogens with two attached hydrogens (primary N) is 1. The van der Waals surface area contributed by atoms with Crippen LogP contribution >= 0.6 is 0 Å². The van der Waals surface area contributed by atoms with Gasteiger partial charge in [0.1, 0.15) is 17.2 Å². The lowest BCUT2D eigenvalue weighted by atomic mass is 10.1. The van der Waals surface area contributed by atoms with Gasteiger partial charge in [-0.2, -0.15) is 0 Å². The van der Waals surface area contributed by atoms with Crippen LogP contribution in [0.3, 0.4) is 0 Å². The molecule has 1 atom stereocenters. The minimum absolute atomic E-state index is 0.145. The molecule has 0 saturated heterocycles. The van der Waals surface area contributed by atoms with Gasteiger partial charge in [0.25, 0.3) is 0 Å². The smallest absolute Gasteiger partial charge is 0.131 e. The maximum absolute atomic E-state index is 5.87. The average molecular weight is 271 g/mol. The van der Waals surface area contributed by atoms with E-state index in [0.717, 1.165) is 23.7 Å². The van der Waals surface area contributed by atoms with Crippen molar-refractivity contribution in [2.24, 2.45) is 5.73 Å². The molecule has 0 bridgehead atoms. The summed E-state index contributed by atoms with van der Waals surface area (Å²) in [6.07, 6.45) is 0.843. The maximum Gasteiger partial charge on any atom is 0.131 e. The van der Waals surface area contributed by atoms with Crippen LogP contribution in [0.4, 0.5) is 0 Å². The van der Waals surface area contributed by atoms with E-state index < -0.39 is 0 Å². The van der Waals surface area contributed by atoms with Crippen molar-refractivity contribution in [1.82, 2.24) is 0 Å². The monoisotopic (exact) mass is 271 g/mol. The molecule has 0 heterocycles. The Morgan fingerprint density at radius 1 is 1.00 bits per heavy atom. The van der Waals surface area contributed by atoms with E-state index >= 15 is 0 Å². The molecule has 0 amide bonds. The van der Waals surface area contributed by atoms with Crippen LogP contribution in [0.15, 0.2) is 48.5 Å². The lowest BCUT2D eigenvalue weighted by Crippen LogP contribution is -2.17. The lowest BCUT2D eigenvalue weighted by molar-refractivity contribution is 0.338. The minimum Gasteiger partial charge on any atom is -0.494 e. The fraction of sp³-hybridized carbons (Fsp3) is 0.294. The van der Waals surface area contributed by atoms with Crippen LogP contribution in [-0.4, -0.2) is 12.6 Å². The van der Waals surface area contributed by atoms with Crippen molar-refractivity contribution < 1.29 is 9.47 Å². The van der Waals surface area contributed by atoms with E-state index in [4.69, 9.17) is 15.2 Å². The fourth-order valence-corrected chi connectivity index (χ4v) is 2.04. The summed E-state index contributed by atoms with van der Waals surface area (Å²) in [5.74, 6) is 2.41. The molecule has 0 aliphatic carbocycles. The zero-order chi connectivity index (χ0) is 14.4. The molecule has 2 N–H and O–H groups in total. The van der Waals surface area contributed by atoms with Gasteiger partial charge in [-0.15, -0.1) is 0 Å². The van der Waals surface area contributed by atoms with Gasteiger partial charge < -0.3 is 15.2 Å². The second-order valence-corrected chi connectivity index (χ2v) is 4.84. The summed E-state index contributed by atoms with van der Waals surface area (Å²) in [7, 11) is 0. The van der Waals surface area contributed by atoms with E-state index in [9.17, 15) is 0 Å². The normalized spacial score (nSPS) is 11.9. The highest BCUT2D eigenvalue weighted by atomic mass is 16.5.